The molecule has 2 rings (SSSR count). The van der Waals surface area contributed by atoms with Gasteiger partial charge in [0.1, 0.15) is 0 Å². The maximum atomic E-state index is 12.9. The van der Waals surface area contributed by atoms with Crippen LogP contribution in [0.15, 0.2) is 84.1 Å². The van der Waals surface area contributed by atoms with E-state index in [1.807, 2.05) is 18.2 Å². The highest BCUT2D eigenvalue weighted by atomic mass is 16.1. The summed E-state index contributed by atoms with van der Waals surface area (Å²) in [5.74, 6) is 0.142. The minimum absolute atomic E-state index is 0.142. The first kappa shape index (κ1) is 18.2. The van der Waals surface area contributed by atoms with Crippen LogP contribution in [0.1, 0.15) is 26.7 Å². The molecule has 2 nitrogen and oxygen atoms in total. The number of hydrogen-bond acceptors (Lipinski definition) is 2. The first-order valence-electron chi connectivity index (χ1n) is 8.57. The monoisotopic (exact) mass is 321 g/mol. The van der Waals surface area contributed by atoms with Crippen LogP contribution >= 0.6 is 0 Å². The molecule has 0 aromatic rings. The normalized spacial score (nSPS) is 23.0. The van der Waals surface area contributed by atoms with Gasteiger partial charge >= 0.3 is 0 Å². The van der Waals surface area contributed by atoms with Crippen molar-refractivity contribution in [2.24, 2.45) is 0 Å². The smallest absolute Gasteiger partial charge is 0.187 e. The second-order valence-corrected chi connectivity index (χ2v) is 6.46. The molecule has 1 fully saturated rings. The average Bonchev–Trinajstić information content (AvgIpc) is 2.58. The van der Waals surface area contributed by atoms with Gasteiger partial charge in [0.05, 0.1) is 0 Å². The summed E-state index contributed by atoms with van der Waals surface area (Å²) in [6, 6.07) is 0.386. The van der Waals surface area contributed by atoms with Crippen molar-refractivity contribution in [1.29, 1.82) is 0 Å². The molecule has 0 saturated carbocycles. The lowest BCUT2D eigenvalue weighted by atomic mass is 9.92. The van der Waals surface area contributed by atoms with Gasteiger partial charge in [-0.2, -0.15) is 0 Å². The number of carbonyl (C=O) groups excluding carboxylic acids is 1. The van der Waals surface area contributed by atoms with Crippen molar-refractivity contribution in [3.8, 4) is 0 Å². The Morgan fingerprint density at radius 3 is 2.54 bits per heavy atom. The van der Waals surface area contributed by atoms with Gasteiger partial charge < -0.3 is 0 Å². The highest BCUT2D eigenvalue weighted by Crippen LogP contribution is 2.23. The Kier molecular flexibility index (Phi) is 6.51. The van der Waals surface area contributed by atoms with Crippen molar-refractivity contribution in [1.82, 2.24) is 4.90 Å². The number of Topliss-reactive ketones (excluding diaryl/α,β-unsaturated/α-hetero) is 1. The van der Waals surface area contributed by atoms with E-state index in [1.165, 1.54) is 0 Å². The molecule has 0 aromatic heterocycles. The Bertz CT molecular complexity index is 668. The molecule has 1 heterocycles. The highest BCUT2D eigenvalue weighted by molar-refractivity contribution is 6.10. The van der Waals surface area contributed by atoms with Crippen LogP contribution in [0.4, 0.5) is 0 Å². The van der Waals surface area contributed by atoms with Crippen LogP contribution in [0.5, 0.6) is 0 Å². The predicted octanol–water partition coefficient (Wildman–Crippen LogP) is 4.71. The van der Waals surface area contributed by atoms with Crippen molar-refractivity contribution >= 4 is 5.78 Å². The quantitative estimate of drug-likeness (QED) is 0.540. The van der Waals surface area contributed by atoms with Crippen molar-refractivity contribution in [2.75, 3.05) is 13.1 Å². The number of ketones is 1. The van der Waals surface area contributed by atoms with E-state index in [0.29, 0.717) is 19.1 Å². The number of carbonyl (C=O) groups is 1. The summed E-state index contributed by atoms with van der Waals surface area (Å²) in [4.78, 5) is 15.2. The second-order valence-electron chi connectivity index (χ2n) is 6.46. The molecule has 0 spiro atoms. The number of rotatable bonds is 5. The fourth-order valence-electron chi connectivity index (χ4n) is 2.89. The Morgan fingerprint density at radius 1 is 1.21 bits per heavy atom. The van der Waals surface area contributed by atoms with Crippen LogP contribution in [-0.2, 0) is 4.79 Å². The van der Waals surface area contributed by atoms with E-state index in [0.717, 1.165) is 35.1 Å². The van der Waals surface area contributed by atoms with Gasteiger partial charge in [-0.15, -0.1) is 0 Å². The van der Waals surface area contributed by atoms with Crippen LogP contribution in [0.3, 0.4) is 0 Å². The number of likely N-dealkylation sites (tertiary alicyclic amines) is 1. The molecule has 126 valence electrons. The van der Waals surface area contributed by atoms with E-state index >= 15 is 0 Å². The van der Waals surface area contributed by atoms with E-state index in [9.17, 15) is 4.79 Å². The van der Waals surface area contributed by atoms with Gasteiger partial charge in [0.2, 0.25) is 0 Å². The Labute approximate surface area is 145 Å². The Hall–Kier alpha value is -2.19. The maximum Gasteiger partial charge on any atom is 0.187 e. The summed E-state index contributed by atoms with van der Waals surface area (Å²) in [6.45, 7) is 13.2. The van der Waals surface area contributed by atoms with E-state index < -0.39 is 0 Å². The van der Waals surface area contributed by atoms with Gasteiger partial charge in [-0.3, -0.25) is 9.69 Å². The first-order chi connectivity index (χ1) is 11.5. The van der Waals surface area contributed by atoms with E-state index in [2.05, 4.69) is 50.1 Å². The third-order valence-electron chi connectivity index (χ3n) is 4.31. The summed E-state index contributed by atoms with van der Waals surface area (Å²) in [7, 11) is 0. The molecule has 0 aromatic carbocycles. The summed E-state index contributed by atoms with van der Waals surface area (Å²) >= 11 is 0. The molecule has 2 aliphatic rings. The molecule has 0 unspecified atom stereocenters. The molecule has 0 bridgehead atoms. The summed E-state index contributed by atoms with van der Waals surface area (Å²) in [6.07, 6.45) is 17.9. The van der Waals surface area contributed by atoms with Crippen LogP contribution in [-0.4, -0.2) is 29.8 Å². The highest BCUT2D eigenvalue weighted by Gasteiger charge is 2.27. The third-order valence-corrected chi connectivity index (χ3v) is 4.31. The molecule has 0 N–H and O–H groups in total. The molecular weight excluding hydrogens is 294 g/mol. The fourth-order valence-corrected chi connectivity index (χ4v) is 2.89. The molecule has 0 amide bonds. The number of nitrogens with zero attached hydrogens (tertiary/aromatic N) is 1. The Morgan fingerprint density at radius 2 is 1.96 bits per heavy atom. The number of piperidine rings is 1. The van der Waals surface area contributed by atoms with E-state index in [-0.39, 0.29) is 5.78 Å². The second kappa shape index (κ2) is 8.60. The molecule has 1 aliphatic carbocycles. The topological polar surface area (TPSA) is 20.3 Å². The molecule has 1 saturated heterocycles. The zero-order chi connectivity index (χ0) is 17.5. The molecule has 0 radical (unpaired) electrons. The summed E-state index contributed by atoms with van der Waals surface area (Å²) in [5.41, 5.74) is 3.73. The van der Waals surface area contributed by atoms with E-state index in [4.69, 9.17) is 0 Å². The van der Waals surface area contributed by atoms with Crippen molar-refractivity contribution in [2.45, 2.75) is 32.7 Å². The fraction of sp³-hybridized carbons (Fsp3) is 0.318. The minimum atomic E-state index is 0.142. The van der Waals surface area contributed by atoms with Gasteiger partial charge in [-0.25, -0.2) is 0 Å². The van der Waals surface area contributed by atoms with Crippen LogP contribution in [0, 0.1) is 0 Å². The predicted molar refractivity (Wildman–Crippen MR) is 103 cm³/mol. The van der Waals surface area contributed by atoms with Gasteiger partial charge in [0.25, 0.3) is 0 Å². The van der Waals surface area contributed by atoms with Gasteiger partial charge in [0.15, 0.2) is 5.78 Å². The zero-order valence-electron chi connectivity index (χ0n) is 14.8. The lowest BCUT2D eigenvalue weighted by Gasteiger charge is -2.33. The van der Waals surface area contributed by atoms with Crippen LogP contribution < -0.4 is 0 Å². The number of allylic oxidation sites excluding steroid dienone is 10. The summed E-state index contributed by atoms with van der Waals surface area (Å²) < 4.78 is 0. The van der Waals surface area contributed by atoms with E-state index in [1.54, 1.807) is 12.2 Å². The first-order valence-corrected chi connectivity index (χ1v) is 8.57. The molecule has 1 aliphatic heterocycles. The lowest BCUT2D eigenvalue weighted by Crippen LogP contribution is -2.41. The maximum absolute atomic E-state index is 12.9. The van der Waals surface area contributed by atoms with Crippen LogP contribution in [0.2, 0.25) is 0 Å². The number of hydrogen-bond donors (Lipinski definition) is 0. The largest absolute Gasteiger partial charge is 0.292 e. The summed E-state index contributed by atoms with van der Waals surface area (Å²) in [5, 5.41) is 0. The zero-order valence-corrected chi connectivity index (χ0v) is 14.8. The SMILES string of the molecule is C=C/C=C(C=C)/C=C1\CN(C(C)C)C/C(=C\C2=CCCC=C2)C1=O. The van der Waals surface area contributed by atoms with Gasteiger partial charge in [-0.1, -0.05) is 49.6 Å². The lowest BCUT2D eigenvalue weighted by molar-refractivity contribution is -0.113. The third kappa shape index (κ3) is 4.65. The van der Waals surface area contributed by atoms with Gasteiger partial charge in [0, 0.05) is 30.3 Å². The standard InChI is InChI=1S/C22H27NO/c1-5-10-18(6-2)13-20-15-23(17(3)4)16-21(22(20)24)14-19-11-8-7-9-12-19/h5-6,8,10-14,17H,1-2,7,9,15-16H2,3-4H3/b18-10+,20-13+,21-14+. The molecule has 0 atom stereocenters. The van der Waals surface area contributed by atoms with Crippen LogP contribution in [0.25, 0.3) is 0 Å². The molecule has 2 heteroatoms. The van der Waals surface area contributed by atoms with Crippen molar-refractivity contribution in [3.63, 3.8) is 0 Å². The average molecular weight is 321 g/mol. The minimum Gasteiger partial charge on any atom is -0.292 e. The Balaban J connectivity index is 2.38. The molecular formula is C22H27NO. The molecule has 24 heavy (non-hydrogen) atoms. The van der Waals surface area contributed by atoms with Crippen molar-refractivity contribution in [3.05, 3.63) is 84.1 Å². The van der Waals surface area contributed by atoms with Crippen molar-refractivity contribution < 1.29 is 4.79 Å². The van der Waals surface area contributed by atoms with Gasteiger partial charge in [-0.05, 0) is 50.0 Å².